The third-order valence-corrected chi connectivity index (χ3v) is 5.34. The molecule has 118 valence electrons. The van der Waals surface area contributed by atoms with Gasteiger partial charge in [-0.15, -0.1) is 0 Å². The molecule has 0 heterocycles. The van der Waals surface area contributed by atoms with Gasteiger partial charge in [-0.05, 0) is 90.1 Å². The lowest BCUT2D eigenvalue weighted by atomic mass is 10.2. The SMILES string of the molecule is CCCOc1c(Br)cc(CNc2ccc(Br)c(Cl)c2)cc1Br. The van der Waals surface area contributed by atoms with Gasteiger partial charge in [0.2, 0.25) is 0 Å². The molecule has 2 nitrogen and oxygen atoms in total. The van der Waals surface area contributed by atoms with E-state index in [-0.39, 0.29) is 0 Å². The Bertz CT molecular complexity index is 641. The third-order valence-electron chi connectivity index (χ3n) is 2.92. The number of rotatable bonds is 6. The fourth-order valence-corrected chi connectivity index (χ4v) is 3.80. The Morgan fingerprint density at radius 3 is 2.32 bits per heavy atom. The highest BCUT2D eigenvalue weighted by atomic mass is 79.9. The van der Waals surface area contributed by atoms with Gasteiger partial charge in [0.25, 0.3) is 0 Å². The first-order chi connectivity index (χ1) is 10.5. The monoisotopic (exact) mass is 509 g/mol. The molecule has 0 radical (unpaired) electrons. The molecule has 22 heavy (non-hydrogen) atoms. The molecule has 0 aliphatic carbocycles. The van der Waals surface area contributed by atoms with Gasteiger partial charge in [0.15, 0.2) is 0 Å². The van der Waals surface area contributed by atoms with E-state index in [1.165, 1.54) is 0 Å². The molecule has 0 saturated carbocycles. The van der Waals surface area contributed by atoms with Crippen LogP contribution in [-0.2, 0) is 6.54 Å². The van der Waals surface area contributed by atoms with E-state index in [1.807, 2.05) is 18.2 Å². The Balaban J connectivity index is 2.08. The Labute approximate surface area is 161 Å². The number of ether oxygens (including phenoxy) is 1. The predicted octanol–water partition coefficient (Wildman–Crippen LogP) is 7.03. The highest BCUT2D eigenvalue weighted by molar-refractivity contribution is 9.11. The molecule has 0 unspecified atom stereocenters. The van der Waals surface area contributed by atoms with Crippen LogP contribution in [-0.4, -0.2) is 6.61 Å². The number of benzene rings is 2. The molecule has 0 aromatic heterocycles. The van der Waals surface area contributed by atoms with E-state index in [0.717, 1.165) is 36.8 Å². The average molecular weight is 512 g/mol. The van der Waals surface area contributed by atoms with Crippen LogP contribution in [0.1, 0.15) is 18.9 Å². The maximum Gasteiger partial charge on any atom is 0.147 e. The van der Waals surface area contributed by atoms with E-state index < -0.39 is 0 Å². The summed E-state index contributed by atoms with van der Waals surface area (Å²) in [5, 5.41) is 4.05. The number of hydrogen-bond acceptors (Lipinski definition) is 2. The number of halogens is 4. The van der Waals surface area contributed by atoms with Crippen LogP contribution in [0.15, 0.2) is 43.7 Å². The Hall–Kier alpha value is -0.230. The summed E-state index contributed by atoms with van der Waals surface area (Å²) in [6, 6.07) is 9.93. The van der Waals surface area contributed by atoms with Gasteiger partial charge >= 0.3 is 0 Å². The maximum absolute atomic E-state index is 6.10. The average Bonchev–Trinajstić information content (AvgIpc) is 2.48. The van der Waals surface area contributed by atoms with Crippen LogP contribution < -0.4 is 10.1 Å². The van der Waals surface area contributed by atoms with Gasteiger partial charge in [-0.2, -0.15) is 0 Å². The molecule has 0 aliphatic heterocycles. The van der Waals surface area contributed by atoms with E-state index >= 15 is 0 Å². The van der Waals surface area contributed by atoms with Gasteiger partial charge in [0.05, 0.1) is 20.6 Å². The van der Waals surface area contributed by atoms with Crippen LogP contribution >= 0.6 is 59.4 Å². The molecule has 0 atom stereocenters. The van der Waals surface area contributed by atoms with Crippen molar-refractivity contribution in [2.75, 3.05) is 11.9 Å². The van der Waals surface area contributed by atoms with Gasteiger partial charge in [0, 0.05) is 16.7 Å². The lowest BCUT2D eigenvalue weighted by Crippen LogP contribution is -2.01. The summed E-state index contributed by atoms with van der Waals surface area (Å²) in [5.74, 6) is 0.845. The molecule has 0 spiro atoms. The largest absolute Gasteiger partial charge is 0.491 e. The molecule has 0 fully saturated rings. The molecule has 0 saturated heterocycles. The van der Waals surface area contributed by atoms with Gasteiger partial charge < -0.3 is 10.1 Å². The summed E-state index contributed by atoms with van der Waals surface area (Å²) < 4.78 is 8.51. The minimum absolute atomic E-state index is 0.690. The highest BCUT2D eigenvalue weighted by Gasteiger charge is 2.09. The summed E-state index contributed by atoms with van der Waals surface area (Å²) >= 11 is 16.6. The van der Waals surface area contributed by atoms with E-state index in [4.69, 9.17) is 16.3 Å². The summed E-state index contributed by atoms with van der Waals surface area (Å²) in [5.41, 5.74) is 2.12. The zero-order valence-corrected chi connectivity index (χ0v) is 17.4. The standard InChI is InChI=1S/C16H15Br3ClNO/c1-2-5-22-16-13(18)6-10(7-14(16)19)9-21-11-3-4-12(17)15(20)8-11/h3-4,6-8,21H,2,5,9H2,1H3. The summed E-state index contributed by atoms with van der Waals surface area (Å²) in [6.07, 6.45) is 0.979. The van der Waals surface area contributed by atoms with Crippen molar-refractivity contribution in [3.8, 4) is 5.75 Å². The van der Waals surface area contributed by atoms with Crippen molar-refractivity contribution in [3.05, 3.63) is 54.3 Å². The molecule has 2 rings (SSSR count). The number of hydrogen-bond donors (Lipinski definition) is 1. The number of nitrogens with one attached hydrogen (secondary N) is 1. The molecular formula is C16H15Br3ClNO. The van der Waals surface area contributed by atoms with E-state index in [0.29, 0.717) is 18.2 Å². The second-order valence-corrected chi connectivity index (χ2v) is 7.69. The van der Waals surface area contributed by atoms with E-state index in [2.05, 4.69) is 72.2 Å². The van der Waals surface area contributed by atoms with Gasteiger partial charge in [-0.25, -0.2) is 0 Å². The van der Waals surface area contributed by atoms with Crippen molar-refractivity contribution < 1.29 is 4.74 Å². The van der Waals surface area contributed by atoms with Crippen molar-refractivity contribution >= 4 is 65.1 Å². The van der Waals surface area contributed by atoms with E-state index in [9.17, 15) is 0 Å². The lowest BCUT2D eigenvalue weighted by Gasteiger charge is -2.13. The fraction of sp³-hybridized carbons (Fsp3) is 0.250. The van der Waals surface area contributed by atoms with Crippen molar-refractivity contribution in [1.82, 2.24) is 0 Å². The molecule has 0 bridgehead atoms. The Morgan fingerprint density at radius 1 is 1.05 bits per heavy atom. The quantitative estimate of drug-likeness (QED) is 0.449. The fourth-order valence-electron chi connectivity index (χ4n) is 1.87. The van der Waals surface area contributed by atoms with Crippen LogP contribution in [0.25, 0.3) is 0 Å². The predicted molar refractivity (Wildman–Crippen MR) is 104 cm³/mol. The molecule has 6 heteroatoms. The molecule has 0 amide bonds. The third kappa shape index (κ3) is 4.88. The van der Waals surface area contributed by atoms with Gasteiger partial charge in [-0.1, -0.05) is 18.5 Å². The Kier molecular flexibility index (Phi) is 7.06. The minimum atomic E-state index is 0.690. The van der Waals surface area contributed by atoms with Crippen LogP contribution in [0.4, 0.5) is 5.69 Å². The first kappa shape index (κ1) is 18.1. The van der Waals surface area contributed by atoms with Crippen LogP contribution in [0.2, 0.25) is 5.02 Å². The minimum Gasteiger partial charge on any atom is -0.491 e. The lowest BCUT2D eigenvalue weighted by molar-refractivity contribution is 0.313. The van der Waals surface area contributed by atoms with Crippen molar-refractivity contribution in [2.45, 2.75) is 19.9 Å². The Morgan fingerprint density at radius 2 is 1.73 bits per heavy atom. The maximum atomic E-state index is 6.10. The van der Waals surface area contributed by atoms with Gasteiger partial charge in [0.1, 0.15) is 5.75 Å². The van der Waals surface area contributed by atoms with Crippen molar-refractivity contribution in [1.29, 1.82) is 0 Å². The molecule has 2 aromatic rings. The van der Waals surface area contributed by atoms with Crippen molar-refractivity contribution in [3.63, 3.8) is 0 Å². The first-order valence-electron chi connectivity index (χ1n) is 6.81. The van der Waals surface area contributed by atoms with Crippen LogP contribution in [0.5, 0.6) is 5.75 Å². The first-order valence-corrected chi connectivity index (χ1v) is 9.56. The zero-order valence-electron chi connectivity index (χ0n) is 11.9. The summed E-state index contributed by atoms with van der Waals surface area (Å²) in [4.78, 5) is 0. The molecule has 2 aromatic carbocycles. The summed E-state index contributed by atoms with van der Waals surface area (Å²) in [6.45, 7) is 3.48. The highest BCUT2D eigenvalue weighted by Crippen LogP contribution is 2.35. The van der Waals surface area contributed by atoms with Crippen molar-refractivity contribution in [2.24, 2.45) is 0 Å². The van der Waals surface area contributed by atoms with Crippen LogP contribution in [0, 0.1) is 0 Å². The molecular weight excluding hydrogens is 497 g/mol. The smallest absolute Gasteiger partial charge is 0.147 e. The van der Waals surface area contributed by atoms with Gasteiger partial charge in [-0.3, -0.25) is 0 Å². The molecule has 0 aliphatic rings. The molecule has 1 N–H and O–H groups in total. The normalized spacial score (nSPS) is 10.6. The second kappa shape index (κ2) is 8.57. The number of anilines is 1. The topological polar surface area (TPSA) is 21.3 Å². The summed E-state index contributed by atoms with van der Waals surface area (Å²) in [7, 11) is 0. The van der Waals surface area contributed by atoms with Crippen LogP contribution in [0.3, 0.4) is 0 Å². The zero-order chi connectivity index (χ0) is 16.1. The van der Waals surface area contributed by atoms with E-state index in [1.54, 1.807) is 0 Å². The second-order valence-electron chi connectivity index (χ2n) is 4.72.